The van der Waals surface area contributed by atoms with E-state index in [2.05, 4.69) is 4.98 Å². The minimum Gasteiger partial charge on any atom is -0.354 e. The van der Waals surface area contributed by atoms with Crippen LogP contribution in [0.3, 0.4) is 0 Å². The lowest BCUT2D eigenvalue weighted by Gasteiger charge is -2.06. The SMILES string of the molecule is Cc1ccc(C=O)c2[nH]c3ccccc3c(=O)c12. The number of nitrogens with one attached hydrogen (secondary N) is 1. The van der Waals surface area contributed by atoms with Crippen molar-refractivity contribution in [1.82, 2.24) is 4.98 Å². The maximum Gasteiger partial charge on any atom is 0.197 e. The molecule has 3 nitrogen and oxygen atoms in total. The van der Waals surface area contributed by atoms with Gasteiger partial charge < -0.3 is 4.98 Å². The van der Waals surface area contributed by atoms with Crippen LogP contribution in [-0.2, 0) is 0 Å². The summed E-state index contributed by atoms with van der Waals surface area (Å²) in [6.45, 7) is 1.88. The number of pyridine rings is 1. The Morgan fingerprint density at radius 2 is 1.89 bits per heavy atom. The van der Waals surface area contributed by atoms with Crippen molar-refractivity contribution in [3.8, 4) is 0 Å². The second-order valence-corrected chi connectivity index (χ2v) is 4.34. The Morgan fingerprint density at radius 3 is 2.67 bits per heavy atom. The quantitative estimate of drug-likeness (QED) is 0.522. The number of rotatable bonds is 1. The molecule has 0 unspecified atom stereocenters. The third-order valence-corrected chi connectivity index (χ3v) is 3.23. The van der Waals surface area contributed by atoms with Crippen molar-refractivity contribution in [1.29, 1.82) is 0 Å². The summed E-state index contributed by atoms with van der Waals surface area (Å²) in [5.74, 6) is 0. The van der Waals surface area contributed by atoms with Gasteiger partial charge in [-0.15, -0.1) is 0 Å². The molecule has 1 aromatic heterocycles. The van der Waals surface area contributed by atoms with Crippen molar-refractivity contribution in [3.63, 3.8) is 0 Å². The zero-order chi connectivity index (χ0) is 12.7. The van der Waals surface area contributed by atoms with Crippen molar-refractivity contribution < 1.29 is 4.79 Å². The molecule has 3 aromatic rings. The highest BCUT2D eigenvalue weighted by Gasteiger charge is 2.10. The normalized spacial score (nSPS) is 10.9. The number of aromatic amines is 1. The minimum absolute atomic E-state index is 0.0273. The van der Waals surface area contributed by atoms with E-state index in [0.29, 0.717) is 21.9 Å². The molecule has 0 amide bonds. The predicted molar refractivity (Wildman–Crippen MR) is 72.2 cm³/mol. The van der Waals surface area contributed by atoms with E-state index in [4.69, 9.17) is 0 Å². The molecule has 0 atom stereocenters. The summed E-state index contributed by atoms with van der Waals surface area (Å²) in [5, 5.41) is 1.24. The Hall–Kier alpha value is -2.42. The van der Waals surface area contributed by atoms with Gasteiger partial charge in [0.1, 0.15) is 0 Å². The molecule has 3 rings (SSSR count). The number of benzene rings is 2. The third-order valence-electron chi connectivity index (χ3n) is 3.23. The molecule has 0 spiro atoms. The second-order valence-electron chi connectivity index (χ2n) is 4.34. The fourth-order valence-corrected chi connectivity index (χ4v) is 2.31. The topological polar surface area (TPSA) is 49.9 Å². The third kappa shape index (κ3) is 1.37. The Balaban J connectivity index is 2.67. The number of hydrogen-bond acceptors (Lipinski definition) is 2. The van der Waals surface area contributed by atoms with Gasteiger partial charge in [0, 0.05) is 21.9 Å². The van der Waals surface area contributed by atoms with E-state index in [1.54, 1.807) is 18.2 Å². The predicted octanol–water partition coefficient (Wildman–Crippen LogP) is 2.80. The highest BCUT2D eigenvalue weighted by atomic mass is 16.1. The number of aldehydes is 1. The molecular formula is C15H11NO2. The number of H-pyrrole nitrogens is 1. The van der Waals surface area contributed by atoms with Gasteiger partial charge in [-0.05, 0) is 30.7 Å². The van der Waals surface area contributed by atoms with Crippen molar-refractivity contribution in [2.75, 3.05) is 0 Å². The standard InChI is InChI=1S/C15H11NO2/c1-9-6-7-10(8-17)14-13(9)15(18)11-4-2-3-5-12(11)16-14/h2-8H,1H3,(H,16,18). The van der Waals surface area contributed by atoms with Gasteiger partial charge in [0.05, 0.1) is 5.52 Å². The van der Waals surface area contributed by atoms with E-state index in [1.807, 2.05) is 25.1 Å². The molecule has 0 aliphatic heterocycles. The van der Waals surface area contributed by atoms with Gasteiger partial charge in [-0.3, -0.25) is 9.59 Å². The Morgan fingerprint density at radius 1 is 1.11 bits per heavy atom. The molecule has 1 heterocycles. The molecule has 0 radical (unpaired) electrons. The molecule has 0 aliphatic carbocycles. The highest BCUT2D eigenvalue weighted by Crippen LogP contribution is 2.20. The van der Waals surface area contributed by atoms with Gasteiger partial charge in [-0.2, -0.15) is 0 Å². The first kappa shape index (κ1) is 10.7. The van der Waals surface area contributed by atoms with E-state index < -0.39 is 0 Å². The fourth-order valence-electron chi connectivity index (χ4n) is 2.31. The van der Waals surface area contributed by atoms with Gasteiger partial charge in [-0.1, -0.05) is 18.2 Å². The average molecular weight is 237 g/mol. The summed E-state index contributed by atoms with van der Waals surface area (Å²) in [6, 6.07) is 10.9. The summed E-state index contributed by atoms with van der Waals surface area (Å²) in [5.41, 5.74) is 2.74. The molecule has 3 heteroatoms. The lowest BCUT2D eigenvalue weighted by Crippen LogP contribution is -2.07. The average Bonchev–Trinajstić information content (AvgIpc) is 2.39. The van der Waals surface area contributed by atoms with Gasteiger partial charge in [-0.25, -0.2) is 0 Å². The van der Waals surface area contributed by atoms with Gasteiger partial charge in [0.15, 0.2) is 11.7 Å². The lowest BCUT2D eigenvalue weighted by atomic mass is 10.0. The van der Waals surface area contributed by atoms with Crippen LogP contribution in [0.15, 0.2) is 41.2 Å². The van der Waals surface area contributed by atoms with E-state index in [1.165, 1.54) is 0 Å². The molecule has 0 saturated carbocycles. The molecule has 18 heavy (non-hydrogen) atoms. The van der Waals surface area contributed by atoms with Crippen LogP contribution in [0.25, 0.3) is 21.8 Å². The largest absolute Gasteiger partial charge is 0.354 e. The zero-order valence-electron chi connectivity index (χ0n) is 9.86. The van der Waals surface area contributed by atoms with Crippen molar-refractivity contribution in [3.05, 3.63) is 57.7 Å². The number of hydrogen-bond donors (Lipinski definition) is 1. The van der Waals surface area contributed by atoms with E-state index >= 15 is 0 Å². The second kappa shape index (κ2) is 3.81. The molecule has 0 aliphatic rings. The Bertz CT molecular complexity index is 831. The molecule has 0 fully saturated rings. The molecule has 1 N–H and O–H groups in total. The summed E-state index contributed by atoms with van der Waals surface area (Å²) < 4.78 is 0. The number of para-hydroxylation sites is 1. The number of aryl methyl sites for hydroxylation is 1. The van der Waals surface area contributed by atoms with Crippen LogP contribution in [0.4, 0.5) is 0 Å². The smallest absolute Gasteiger partial charge is 0.197 e. The number of carbonyl (C=O) groups is 1. The van der Waals surface area contributed by atoms with Crippen LogP contribution in [-0.4, -0.2) is 11.3 Å². The highest BCUT2D eigenvalue weighted by molar-refractivity contribution is 6.01. The number of aromatic nitrogens is 1. The van der Waals surface area contributed by atoms with E-state index in [9.17, 15) is 9.59 Å². The number of fused-ring (bicyclic) bond motifs is 2. The van der Waals surface area contributed by atoms with Crippen LogP contribution < -0.4 is 5.43 Å². The van der Waals surface area contributed by atoms with Gasteiger partial charge in [0.2, 0.25) is 0 Å². The van der Waals surface area contributed by atoms with Crippen LogP contribution in [0.1, 0.15) is 15.9 Å². The van der Waals surface area contributed by atoms with Crippen LogP contribution in [0, 0.1) is 6.92 Å². The van der Waals surface area contributed by atoms with Crippen LogP contribution in [0.2, 0.25) is 0 Å². The Kier molecular flexibility index (Phi) is 2.27. The van der Waals surface area contributed by atoms with E-state index in [0.717, 1.165) is 17.4 Å². The summed E-state index contributed by atoms with van der Waals surface area (Å²) in [4.78, 5) is 26.7. The molecule has 0 bridgehead atoms. The maximum absolute atomic E-state index is 12.4. The molecular weight excluding hydrogens is 226 g/mol. The number of carbonyl (C=O) groups excluding carboxylic acids is 1. The lowest BCUT2D eigenvalue weighted by molar-refractivity contribution is 0.112. The summed E-state index contributed by atoms with van der Waals surface area (Å²) in [6.07, 6.45) is 0.770. The van der Waals surface area contributed by atoms with Gasteiger partial charge in [0.25, 0.3) is 0 Å². The maximum atomic E-state index is 12.4. The first-order valence-corrected chi connectivity index (χ1v) is 5.72. The van der Waals surface area contributed by atoms with Gasteiger partial charge >= 0.3 is 0 Å². The molecule has 2 aromatic carbocycles. The minimum atomic E-state index is -0.0273. The fraction of sp³-hybridized carbons (Fsp3) is 0.0667. The van der Waals surface area contributed by atoms with Crippen molar-refractivity contribution in [2.45, 2.75) is 6.92 Å². The first-order chi connectivity index (χ1) is 8.72. The Labute approximate surface area is 103 Å². The first-order valence-electron chi connectivity index (χ1n) is 5.72. The summed E-state index contributed by atoms with van der Waals surface area (Å²) in [7, 11) is 0. The van der Waals surface area contributed by atoms with Crippen molar-refractivity contribution in [2.24, 2.45) is 0 Å². The summed E-state index contributed by atoms with van der Waals surface area (Å²) >= 11 is 0. The van der Waals surface area contributed by atoms with Crippen LogP contribution in [0.5, 0.6) is 0 Å². The molecule has 88 valence electrons. The van der Waals surface area contributed by atoms with Crippen LogP contribution >= 0.6 is 0 Å². The molecule has 0 saturated heterocycles. The van der Waals surface area contributed by atoms with Crippen molar-refractivity contribution >= 4 is 28.1 Å². The zero-order valence-corrected chi connectivity index (χ0v) is 9.86. The monoisotopic (exact) mass is 237 g/mol. The van der Waals surface area contributed by atoms with E-state index in [-0.39, 0.29) is 5.43 Å².